The standard InChI is InChI=1S/C10H22N2S/c1-9(8-11)12-5-2-10-3-6-13-7-4-10/h9-10,12H,2-8,11H2,1H3/t9-/m1/s1. The largest absolute Gasteiger partial charge is 0.329 e. The van der Waals surface area contributed by atoms with Crippen molar-refractivity contribution in [2.45, 2.75) is 32.2 Å². The van der Waals surface area contributed by atoms with Crippen molar-refractivity contribution in [3.63, 3.8) is 0 Å². The van der Waals surface area contributed by atoms with Gasteiger partial charge in [0.05, 0.1) is 0 Å². The highest BCUT2D eigenvalue weighted by Gasteiger charge is 2.12. The van der Waals surface area contributed by atoms with Crippen LogP contribution in [0.5, 0.6) is 0 Å². The third-order valence-corrected chi connectivity index (χ3v) is 3.79. The summed E-state index contributed by atoms with van der Waals surface area (Å²) >= 11 is 2.10. The van der Waals surface area contributed by atoms with E-state index in [1.807, 2.05) is 0 Å². The monoisotopic (exact) mass is 202 g/mol. The van der Waals surface area contributed by atoms with E-state index < -0.39 is 0 Å². The van der Waals surface area contributed by atoms with E-state index in [2.05, 4.69) is 24.0 Å². The minimum atomic E-state index is 0.484. The number of nitrogens with two attached hydrogens (primary N) is 1. The van der Waals surface area contributed by atoms with Gasteiger partial charge in [-0.15, -0.1) is 0 Å². The lowest BCUT2D eigenvalue weighted by Crippen LogP contribution is -2.34. The molecule has 1 aliphatic heterocycles. The average molecular weight is 202 g/mol. The predicted octanol–water partition coefficient (Wildman–Crippen LogP) is 1.46. The molecule has 0 aromatic rings. The molecule has 1 heterocycles. The second-order valence-electron chi connectivity index (χ2n) is 3.94. The third kappa shape index (κ3) is 4.89. The van der Waals surface area contributed by atoms with Gasteiger partial charge in [0, 0.05) is 12.6 Å². The Hall–Kier alpha value is 0.270. The summed E-state index contributed by atoms with van der Waals surface area (Å²) in [7, 11) is 0. The third-order valence-electron chi connectivity index (χ3n) is 2.74. The first kappa shape index (κ1) is 11.3. The van der Waals surface area contributed by atoms with Crippen molar-refractivity contribution in [3.05, 3.63) is 0 Å². The number of hydrogen-bond acceptors (Lipinski definition) is 3. The highest BCUT2D eigenvalue weighted by Crippen LogP contribution is 2.24. The predicted molar refractivity (Wildman–Crippen MR) is 61.2 cm³/mol. The molecule has 0 unspecified atom stereocenters. The first-order chi connectivity index (χ1) is 6.33. The Kier molecular flexibility index (Phi) is 5.83. The lowest BCUT2D eigenvalue weighted by Gasteiger charge is -2.22. The second kappa shape index (κ2) is 6.68. The molecule has 0 aromatic heterocycles. The van der Waals surface area contributed by atoms with E-state index in [4.69, 9.17) is 5.73 Å². The van der Waals surface area contributed by atoms with Crippen molar-refractivity contribution < 1.29 is 0 Å². The van der Waals surface area contributed by atoms with Crippen LogP contribution < -0.4 is 11.1 Å². The zero-order valence-corrected chi connectivity index (χ0v) is 9.41. The van der Waals surface area contributed by atoms with Crippen LogP contribution in [-0.4, -0.2) is 30.6 Å². The van der Waals surface area contributed by atoms with E-state index in [1.54, 1.807) is 0 Å². The highest BCUT2D eigenvalue weighted by molar-refractivity contribution is 7.99. The van der Waals surface area contributed by atoms with Gasteiger partial charge in [-0.25, -0.2) is 0 Å². The zero-order chi connectivity index (χ0) is 9.52. The van der Waals surface area contributed by atoms with E-state index in [0.717, 1.165) is 19.0 Å². The van der Waals surface area contributed by atoms with E-state index in [0.29, 0.717) is 6.04 Å². The fourth-order valence-corrected chi connectivity index (χ4v) is 2.86. The summed E-state index contributed by atoms with van der Waals surface area (Å²) in [5.74, 6) is 3.72. The molecule has 3 heteroatoms. The summed E-state index contributed by atoms with van der Waals surface area (Å²) in [6.45, 7) is 4.05. The molecular formula is C10H22N2S. The van der Waals surface area contributed by atoms with E-state index >= 15 is 0 Å². The van der Waals surface area contributed by atoms with Gasteiger partial charge in [0.2, 0.25) is 0 Å². The van der Waals surface area contributed by atoms with Crippen LogP contribution in [0, 0.1) is 5.92 Å². The molecule has 0 aliphatic carbocycles. The molecule has 1 aliphatic rings. The minimum Gasteiger partial charge on any atom is -0.329 e. The Morgan fingerprint density at radius 3 is 2.77 bits per heavy atom. The number of thioether (sulfide) groups is 1. The molecule has 0 spiro atoms. The first-order valence-electron chi connectivity index (χ1n) is 5.34. The van der Waals surface area contributed by atoms with Gasteiger partial charge in [0.1, 0.15) is 0 Å². The maximum atomic E-state index is 5.53. The van der Waals surface area contributed by atoms with Crippen molar-refractivity contribution in [1.82, 2.24) is 5.32 Å². The normalized spacial score (nSPS) is 21.7. The van der Waals surface area contributed by atoms with Crippen LogP contribution in [0.3, 0.4) is 0 Å². The Morgan fingerprint density at radius 1 is 1.46 bits per heavy atom. The van der Waals surface area contributed by atoms with Gasteiger partial charge in [-0.2, -0.15) is 11.8 Å². The Bertz CT molecular complexity index is 124. The molecule has 13 heavy (non-hydrogen) atoms. The SMILES string of the molecule is C[C@H](CN)NCCC1CCSCC1. The number of nitrogens with one attached hydrogen (secondary N) is 1. The molecule has 0 aromatic carbocycles. The average Bonchev–Trinajstić information content (AvgIpc) is 2.19. The smallest absolute Gasteiger partial charge is 0.0161 e. The summed E-state index contributed by atoms with van der Waals surface area (Å²) in [6.07, 6.45) is 4.18. The number of rotatable bonds is 5. The van der Waals surface area contributed by atoms with Crippen LogP contribution in [-0.2, 0) is 0 Å². The summed E-state index contributed by atoms with van der Waals surface area (Å²) in [5, 5.41) is 3.45. The van der Waals surface area contributed by atoms with Crippen LogP contribution in [0.15, 0.2) is 0 Å². The molecule has 0 saturated carbocycles. The lowest BCUT2D eigenvalue weighted by atomic mass is 9.99. The number of hydrogen-bond donors (Lipinski definition) is 2. The molecule has 0 bridgehead atoms. The summed E-state index contributed by atoms with van der Waals surface area (Å²) < 4.78 is 0. The van der Waals surface area contributed by atoms with Crippen LogP contribution in [0.1, 0.15) is 26.2 Å². The summed E-state index contributed by atoms with van der Waals surface area (Å²) in [5.41, 5.74) is 5.53. The zero-order valence-electron chi connectivity index (χ0n) is 8.59. The molecule has 0 radical (unpaired) electrons. The molecule has 1 atom stereocenters. The quantitative estimate of drug-likeness (QED) is 0.709. The van der Waals surface area contributed by atoms with Crippen LogP contribution in [0.4, 0.5) is 0 Å². The molecule has 3 N–H and O–H groups in total. The van der Waals surface area contributed by atoms with Crippen LogP contribution in [0.2, 0.25) is 0 Å². The van der Waals surface area contributed by atoms with E-state index in [-0.39, 0.29) is 0 Å². The van der Waals surface area contributed by atoms with Crippen molar-refractivity contribution in [2.24, 2.45) is 11.7 Å². The van der Waals surface area contributed by atoms with Crippen molar-refractivity contribution >= 4 is 11.8 Å². The summed E-state index contributed by atoms with van der Waals surface area (Å²) in [4.78, 5) is 0. The van der Waals surface area contributed by atoms with Crippen molar-refractivity contribution in [3.8, 4) is 0 Å². The molecule has 2 nitrogen and oxygen atoms in total. The Balaban J connectivity index is 1.98. The fourth-order valence-electron chi connectivity index (χ4n) is 1.65. The highest BCUT2D eigenvalue weighted by atomic mass is 32.2. The Labute approximate surface area is 86.0 Å². The van der Waals surface area contributed by atoms with Gasteiger partial charge in [0.15, 0.2) is 0 Å². The molecule has 78 valence electrons. The van der Waals surface area contributed by atoms with Gasteiger partial charge in [-0.05, 0) is 50.2 Å². The maximum absolute atomic E-state index is 5.53. The molecular weight excluding hydrogens is 180 g/mol. The molecule has 0 amide bonds. The van der Waals surface area contributed by atoms with Crippen LogP contribution in [0.25, 0.3) is 0 Å². The lowest BCUT2D eigenvalue weighted by molar-refractivity contribution is 0.421. The summed E-state index contributed by atoms with van der Waals surface area (Å²) in [6, 6.07) is 0.484. The first-order valence-corrected chi connectivity index (χ1v) is 6.49. The Morgan fingerprint density at radius 2 is 2.15 bits per heavy atom. The van der Waals surface area contributed by atoms with Gasteiger partial charge in [-0.1, -0.05) is 0 Å². The minimum absolute atomic E-state index is 0.484. The van der Waals surface area contributed by atoms with Gasteiger partial charge in [0.25, 0.3) is 0 Å². The van der Waals surface area contributed by atoms with Crippen molar-refractivity contribution in [2.75, 3.05) is 24.6 Å². The molecule has 1 rings (SSSR count). The van der Waals surface area contributed by atoms with E-state index in [1.165, 1.54) is 30.8 Å². The molecule has 1 fully saturated rings. The van der Waals surface area contributed by atoms with Gasteiger partial charge in [-0.3, -0.25) is 0 Å². The van der Waals surface area contributed by atoms with Gasteiger partial charge < -0.3 is 11.1 Å². The second-order valence-corrected chi connectivity index (χ2v) is 5.16. The maximum Gasteiger partial charge on any atom is 0.0161 e. The molecule has 1 saturated heterocycles. The topological polar surface area (TPSA) is 38.0 Å². The van der Waals surface area contributed by atoms with Crippen LogP contribution >= 0.6 is 11.8 Å². The van der Waals surface area contributed by atoms with Gasteiger partial charge >= 0.3 is 0 Å². The van der Waals surface area contributed by atoms with Crippen molar-refractivity contribution in [1.29, 1.82) is 0 Å². The van der Waals surface area contributed by atoms with E-state index in [9.17, 15) is 0 Å². The fraction of sp³-hybridized carbons (Fsp3) is 1.00.